The molecular formula is C54H40N4S. The maximum atomic E-state index is 5.05. The summed E-state index contributed by atoms with van der Waals surface area (Å²) < 4.78 is 5.04. The summed E-state index contributed by atoms with van der Waals surface area (Å²) in [6, 6.07) is 54.5. The van der Waals surface area contributed by atoms with Crippen molar-refractivity contribution in [2.75, 3.05) is 0 Å². The van der Waals surface area contributed by atoms with E-state index >= 15 is 0 Å². The standard InChI is InChI=1S/C54H40N4S/c1-4-50-39(43-32-42-38-19-8-9-23-44(38)54(2,3)45(42)33-51(43)58(50)36-17-6-5-7-18-36)27-26-34-16-14-21-40-41-22-15-20-37(53(41)59-52(34)40)35-30-48(46-24-10-12-28-55-46)57-49(31-35)47-25-11-13-29-56-47/h4-25,27-33H,26H2,1-3H3/b39-27-,50-4+. The molecule has 5 aromatic heterocycles. The molecule has 1 aliphatic carbocycles. The van der Waals surface area contributed by atoms with Gasteiger partial charge in [-0.3, -0.25) is 9.97 Å². The van der Waals surface area contributed by atoms with E-state index in [-0.39, 0.29) is 5.41 Å². The van der Waals surface area contributed by atoms with E-state index in [1.807, 2.05) is 60.1 Å². The molecule has 0 unspecified atom stereocenters. The highest BCUT2D eigenvalue weighted by Crippen LogP contribution is 2.49. The Balaban J connectivity index is 1.09. The van der Waals surface area contributed by atoms with E-state index in [0.717, 1.165) is 34.8 Å². The zero-order valence-corrected chi connectivity index (χ0v) is 34.0. The molecule has 5 aromatic carbocycles. The van der Waals surface area contributed by atoms with Crippen LogP contribution in [0, 0.1) is 0 Å². The van der Waals surface area contributed by atoms with Gasteiger partial charge in [-0.1, -0.05) is 117 Å². The van der Waals surface area contributed by atoms with Crippen molar-refractivity contribution in [2.45, 2.75) is 32.6 Å². The Morgan fingerprint density at radius 3 is 1.95 bits per heavy atom. The first kappa shape index (κ1) is 35.2. The maximum Gasteiger partial charge on any atom is 0.0900 e. The van der Waals surface area contributed by atoms with Crippen molar-refractivity contribution in [3.63, 3.8) is 0 Å². The molecular weight excluding hydrogens is 737 g/mol. The summed E-state index contributed by atoms with van der Waals surface area (Å²) in [7, 11) is 0. The molecule has 1 aliphatic rings. The Morgan fingerprint density at radius 1 is 0.576 bits per heavy atom. The summed E-state index contributed by atoms with van der Waals surface area (Å²) >= 11 is 1.89. The summed E-state index contributed by atoms with van der Waals surface area (Å²) in [5, 5.41) is 6.32. The maximum absolute atomic E-state index is 5.05. The third kappa shape index (κ3) is 5.68. The van der Waals surface area contributed by atoms with E-state index < -0.39 is 0 Å². The van der Waals surface area contributed by atoms with E-state index in [9.17, 15) is 0 Å². The van der Waals surface area contributed by atoms with Crippen LogP contribution in [-0.2, 0) is 11.8 Å². The molecule has 0 N–H and O–H groups in total. The average Bonchev–Trinajstić information content (AvgIpc) is 3.91. The summed E-state index contributed by atoms with van der Waals surface area (Å²) in [6.45, 7) is 6.90. The fourth-order valence-corrected chi connectivity index (χ4v) is 10.7. The van der Waals surface area contributed by atoms with Gasteiger partial charge in [-0.05, 0) is 113 Å². The molecule has 0 amide bonds. The predicted octanol–water partition coefficient (Wildman–Crippen LogP) is 12.3. The van der Waals surface area contributed by atoms with Crippen LogP contribution in [0.4, 0.5) is 0 Å². The Hall–Kier alpha value is -6.95. The number of aromatic nitrogens is 4. The molecule has 0 radical (unpaired) electrons. The van der Waals surface area contributed by atoms with E-state index in [4.69, 9.17) is 4.98 Å². The van der Waals surface area contributed by atoms with Crippen molar-refractivity contribution in [1.82, 2.24) is 19.5 Å². The van der Waals surface area contributed by atoms with Crippen molar-refractivity contribution in [3.8, 4) is 50.7 Å². The monoisotopic (exact) mass is 776 g/mol. The summed E-state index contributed by atoms with van der Waals surface area (Å²) in [5.41, 5.74) is 14.7. The smallest absolute Gasteiger partial charge is 0.0900 e. The second kappa shape index (κ2) is 13.9. The minimum atomic E-state index is -0.0855. The van der Waals surface area contributed by atoms with E-state index in [2.05, 4.69) is 163 Å². The van der Waals surface area contributed by atoms with Crippen molar-refractivity contribution >= 4 is 54.6 Å². The highest BCUT2D eigenvalue weighted by atomic mass is 32.1. The molecule has 0 bridgehead atoms. The molecule has 0 fully saturated rings. The molecule has 4 nitrogen and oxygen atoms in total. The topological polar surface area (TPSA) is 43.6 Å². The second-order valence-corrected chi connectivity index (χ2v) is 16.9. The number of fused-ring (bicyclic) bond motifs is 7. The molecule has 10 aromatic rings. The van der Waals surface area contributed by atoms with Gasteiger partial charge in [-0.25, -0.2) is 4.98 Å². The molecule has 282 valence electrons. The Kier molecular flexibility index (Phi) is 8.28. The Labute approximate surface area is 347 Å². The van der Waals surface area contributed by atoms with Crippen LogP contribution in [0.25, 0.3) is 93.9 Å². The normalized spacial score (nSPS) is 13.7. The number of rotatable bonds is 6. The van der Waals surface area contributed by atoms with Crippen LogP contribution < -0.4 is 10.6 Å². The first-order chi connectivity index (χ1) is 29.0. The number of hydrogen-bond donors (Lipinski definition) is 0. The predicted molar refractivity (Wildman–Crippen MR) is 247 cm³/mol. The van der Waals surface area contributed by atoms with Crippen LogP contribution in [-0.4, -0.2) is 19.5 Å². The van der Waals surface area contributed by atoms with Gasteiger partial charge in [0.05, 0.1) is 28.3 Å². The second-order valence-electron chi connectivity index (χ2n) is 15.9. The van der Waals surface area contributed by atoms with Gasteiger partial charge in [-0.15, -0.1) is 11.3 Å². The van der Waals surface area contributed by atoms with Crippen molar-refractivity contribution in [1.29, 1.82) is 0 Å². The highest BCUT2D eigenvalue weighted by Gasteiger charge is 2.36. The van der Waals surface area contributed by atoms with Crippen molar-refractivity contribution < 1.29 is 0 Å². The summed E-state index contributed by atoms with van der Waals surface area (Å²) in [5.74, 6) is 0. The van der Waals surface area contributed by atoms with Crippen molar-refractivity contribution in [3.05, 3.63) is 191 Å². The number of hydrogen-bond acceptors (Lipinski definition) is 4. The van der Waals surface area contributed by atoms with E-state index in [1.165, 1.54) is 80.7 Å². The Bertz CT molecular complexity index is 3320. The molecule has 0 aliphatic heterocycles. The molecule has 11 rings (SSSR count). The SMILES string of the molecule is C/C=c1\c(=C/Cc2cccc3c2sc2c(-c4cc(-c5ccccn5)nc(-c5ccccn5)c4)cccc23)c2cc3c(cc2n1-c1ccccc1)C(C)(C)c1ccccc1-3. The average molecular weight is 777 g/mol. The molecule has 0 atom stereocenters. The summed E-state index contributed by atoms with van der Waals surface area (Å²) in [6.07, 6.45) is 9.20. The number of thiophene rings is 1. The summed E-state index contributed by atoms with van der Waals surface area (Å²) in [4.78, 5) is 14.4. The molecule has 59 heavy (non-hydrogen) atoms. The van der Waals surface area contributed by atoms with Crippen LogP contribution in [0.1, 0.15) is 37.5 Å². The fourth-order valence-electron chi connectivity index (χ4n) is 9.34. The number of para-hydroxylation sites is 1. The van der Waals surface area contributed by atoms with Crippen molar-refractivity contribution in [2.24, 2.45) is 0 Å². The lowest BCUT2D eigenvalue weighted by atomic mass is 9.82. The molecule has 0 spiro atoms. The quantitative estimate of drug-likeness (QED) is 0.169. The van der Waals surface area contributed by atoms with Gasteiger partial charge >= 0.3 is 0 Å². The highest BCUT2D eigenvalue weighted by molar-refractivity contribution is 7.26. The van der Waals surface area contributed by atoms with Gasteiger partial charge in [0.25, 0.3) is 0 Å². The lowest BCUT2D eigenvalue weighted by Gasteiger charge is -2.21. The zero-order chi connectivity index (χ0) is 39.7. The first-order valence-corrected chi connectivity index (χ1v) is 21.1. The van der Waals surface area contributed by atoms with Crippen LogP contribution in [0.5, 0.6) is 0 Å². The molecule has 5 heterocycles. The molecule has 5 heteroatoms. The van der Waals surface area contributed by atoms with Gasteiger partial charge in [0.1, 0.15) is 0 Å². The largest absolute Gasteiger partial charge is 0.310 e. The lowest BCUT2D eigenvalue weighted by Crippen LogP contribution is -2.28. The lowest BCUT2D eigenvalue weighted by molar-refractivity contribution is 0.661. The van der Waals surface area contributed by atoms with E-state index in [0.29, 0.717) is 0 Å². The molecule has 0 saturated carbocycles. The van der Waals surface area contributed by atoms with Gasteiger partial charge in [0.15, 0.2) is 0 Å². The minimum absolute atomic E-state index is 0.0855. The first-order valence-electron chi connectivity index (χ1n) is 20.3. The minimum Gasteiger partial charge on any atom is -0.310 e. The third-order valence-electron chi connectivity index (χ3n) is 12.2. The van der Waals surface area contributed by atoms with Crippen LogP contribution in [0.15, 0.2) is 164 Å². The van der Waals surface area contributed by atoms with Gasteiger partial charge < -0.3 is 4.57 Å². The van der Waals surface area contributed by atoms with Crippen LogP contribution >= 0.6 is 11.3 Å². The van der Waals surface area contributed by atoms with Crippen LogP contribution in [0.3, 0.4) is 0 Å². The number of nitrogens with zero attached hydrogens (tertiary/aromatic N) is 4. The van der Waals surface area contributed by atoms with Gasteiger partial charge in [-0.2, -0.15) is 0 Å². The van der Waals surface area contributed by atoms with Gasteiger partial charge in [0, 0.05) is 59.6 Å². The Morgan fingerprint density at radius 2 is 1.24 bits per heavy atom. The third-order valence-corrected chi connectivity index (χ3v) is 13.5. The fraction of sp³-hybridized carbons (Fsp3) is 0.0926. The zero-order valence-electron chi connectivity index (χ0n) is 33.1. The molecule has 0 saturated heterocycles. The van der Waals surface area contributed by atoms with Crippen LogP contribution in [0.2, 0.25) is 0 Å². The van der Waals surface area contributed by atoms with E-state index in [1.54, 1.807) is 0 Å². The van der Waals surface area contributed by atoms with Gasteiger partial charge in [0.2, 0.25) is 0 Å². The number of pyridine rings is 3. The number of benzene rings is 5.